The lowest BCUT2D eigenvalue weighted by Crippen LogP contribution is -2.40. The van der Waals surface area contributed by atoms with Crippen molar-refractivity contribution in [1.82, 2.24) is 14.5 Å². The van der Waals surface area contributed by atoms with Gasteiger partial charge < -0.3 is 19.3 Å². The van der Waals surface area contributed by atoms with Crippen LogP contribution >= 0.6 is 0 Å². The topological polar surface area (TPSA) is 84.7 Å². The van der Waals surface area contributed by atoms with Gasteiger partial charge in [-0.15, -0.1) is 0 Å². The molecule has 2 aromatic rings. The molecule has 2 aliphatic rings. The van der Waals surface area contributed by atoms with Crippen molar-refractivity contribution in [3.63, 3.8) is 0 Å². The average molecular weight is 385 g/mol. The summed E-state index contributed by atoms with van der Waals surface area (Å²) in [6, 6.07) is 7.96. The summed E-state index contributed by atoms with van der Waals surface area (Å²) in [5.41, 5.74) is 1.65. The number of ether oxygens (including phenoxy) is 1. The maximum atomic E-state index is 12.9. The van der Waals surface area contributed by atoms with Crippen molar-refractivity contribution in [2.45, 2.75) is 39.2 Å². The Hall–Kier alpha value is -2.41. The number of carbonyl (C=O) groups is 2. The second-order valence-corrected chi connectivity index (χ2v) is 7.91. The van der Waals surface area contributed by atoms with E-state index in [1.165, 1.54) is 0 Å². The van der Waals surface area contributed by atoms with Crippen LogP contribution in [0.2, 0.25) is 0 Å². The fourth-order valence-electron chi connectivity index (χ4n) is 4.79. The molecule has 1 aromatic heterocycles. The molecule has 2 fully saturated rings. The molecular formula is C21H27N3O4. The van der Waals surface area contributed by atoms with Gasteiger partial charge in [0.05, 0.1) is 17.0 Å². The van der Waals surface area contributed by atoms with Crippen LogP contribution in [-0.2, 0) is 27.3 Å². The van der Waals surface area contributed by atoms with E-state index in [0.717, 1.165) is 23.3 Å². The van der Waals surface area contributed by atoms with E-state index in [-0.39, 0.29) is 11.3 Å². The van der Waals surface area contributed by atoms with E-state index < -0.39 is 11.9 Å². The van der Waals surface area contributed by atoms with Crippen LogP contribution in [0.25, 0.3) is 11.0 Å². The molecule has 0 bridgehead atoms. The van der Waals surface area contributed by atoms with Gasteiger partial charge in [0, 0.05) is 51.1 Å². The third-order valence-electron chi connectivity index (χ3n) is 6.39. The molecule has 28 heavy (non-hydrogen) atoms. The van der Waals surface area contributed by atoms with Crippen LogP contribution < -0.4 is 0 Å². The lowest BCUT2D eigenvalue weighted by atomic mass is 9.72. The Morgan fingerprint density at radius 3 is 2.75 bits per heavy atom. The number of rotatable bonds is 5. The van der Waals surface area contributed by atoms with Crippen LogP contribution in [0.4, 0.5) is 0 Å². The zero-order valence-electron chi connectivity index (χ0n) is 16.3. The Balaban J connectivity index is 1.48. The van der Waals surface area contributed by atoms with Gasteiger partial charge in [0.15, 0.2) is 0 Å². The normalized spacial score (nSPS) is 21.5. The van der Waals surface area contributed by atoms with Gasteiger partial charge in [-0.25, -0.2) is 4.98 Å². The third-order valence-corrected chi connectivity index (χ3v) is 6.39. The van der Waals surface area contributed by atoms with Gasteiger partial charge >= 0.3 is 5.97 Å². The average Bonchev–Trinajstić information content (AvgIpc) is 3.25. The number of likely N-dealkylation sites (tertiary alicyclic amines) is 1. The van der Waals surface area contributed by atoms with Gasteiger partial charge in [-0.2, -0.15) is 0 Å². The van der Waals surface area contributed by atoms with Gasteiger partial charge in [0.2, 0.25) is 5.91 Å². The van der Waals surface area contributed by atoms with Crippen LogP contribution in [-0.4, -0.2) is 57.7 Å². The minimum absolute atomic E-state index is 0.0226. The fourth-order valence-corrected chi connectivity index (χ4v) is 4.79. The van der Waals surface area contributed by atoms with E-state index in [1.54, 1.807) is 4.90 Å². The number of imidazole rings is 1. The Morgan fingerprint density at radius 2 is 2.04 bits per heavy atom. The molecule has 2 saturated heterocycles. The number of benzene rings is 1. The first-order valence-electron chi connectivity index (χ1n) is 10.1. The summed E-state index contributed by atoms with van der Waals surface area (Å²) in [6.45, 7) is 4.61. The van der Waals surface area contributed by atoms with Crippen molar-refractivity contribution in [1.29, 1.82) is 0 Å². The standard InChI is InChI=1S/C21H27N3O4/c1-2-18-22-16-5-3-4-6-17(16)24(18)10-7-19(25)23-13-15(20(26)27)21(14-23)8-11-28-12-9-21/h3-6,15H,2,7-14H2,1H3,(H,26,27). The molecular weight excluding hydrogens is 358 g/mol. The highest BCUT2D eigenvalue weighted by Gasteiger charge is 2.51. The number of aromatic nitrogens is 2. The van der Waals surface area contributed by atoms with Crippen molar-refractivity contribution >= 4 is 22.9 Å². The van der Waals surface area contributed by atoms with Gasteiger partial charge in [-0.1, -0.05) is 19.1 Å². The number of aliphatic carboxylic acids is 1. The van der Waals surface area contributed by atoms with E-state index in [2.05, 4.69) is 16.5 Å². The fraction of sp³-hybridized carbons (Fsp3) is 0.571. The molecule has 0 aliphatic carbocycles. The summed E-state index contributed by atoms with van der Waals surface area (Å²) in [5, 5.41) is 9.71. The van der Waals surface area contributed by atoms with Gasteiger partial charge in [-0.05, 0) is 25.0 Å². The third kappa shape index (κ3) is 3.28. The minimum Gasteiger partial charge on any atom is -0.481 e. The smallest absolute Gasteiger partial charge is 0.308 e. The number of para-hydroxylation sites is 2. The lowest BCUT2D eigenvalue weighted by Gasteiger charge is -2.36. The van der Waals surface area contributed by atoms with Crippen molar-refractivity contribution in [3.05, 3.63) is 30.1 Å². The van der Waals surface area contributed by atoms with Gasteiger partial charge in [0.1, 0.15) is 5.82 Å². The van der Waals surface area contributed by atoms with E-state index in [4.69, 9.17) is 4.74 Å². The summed E-state index contributed by atoms with van der Waals surface area (Å²) in [7, 11) is 0. The Labute approximate surface area is 164 Å². The Bertz CT molecular complexity index is 885. The number of carbonyl (C=O) groups excluding carboxylic acids is 1. The minimum atomic E-state index is -0.800. The monoisotopic (exact) mass is 385 g/mol. The zero-order valence-corrected chi connectivity index (χ0v) is 16.3. The molecule has 1 N–H and O–H groups in total. The summed E-state index contributed by atoms with van der Waals surface area (Å²) in [5.74, 6) is -0.305. The lowest BCUT2D eigenvalue weighted by molar-refractivity contribution is -0.146. The largest absolute Gasteiger partial charge is 0.481 e. The second kappa shape index (κ2) is 7.54. The molecule has 2 aliphatic heterocycles. The molecule has 1 spiro atoms. The number of amides is 1. The van der Waals surface area contributed by atoms with Crippen LogP contribution in [0.1, 0.15) is 32.0 Å². The molecule has 0 saturated carbocycles. The highest BCUT2D eigenvalue weighted by atomic mass is 16.5. The molecule has 1 atom stereocenters. The Morgan fingerprint density at radius 1 is 1.29 bits per heavy atom. The first-order valence-corrected chi connectivity index (χ1v) is 10.1. The number of hydrogen-bond donors (Lipinski definition) is 1. The van der Waals surface area contributed by atoms with E-state index in [1.807, 2.05) is 24.3 Å². The molecule has 1 amide bonds. The van der Waals surface area contributed by atoms with Crippen molar-refractivity contribution in [2.24, 2.45) is 11.3 Å². The SMILES string of the molecule is CCc1nc2ccccc2n1CCC(=O)N1CC(C(=O)O)C2(CCOCC2)C1. The number of carboxylic acids is 1. The highest BCUT2D eigenvalue weighted by Crippen LogP contribution is 2.44. The van der Waals surface area contributed by atoms with Gasteiger partial charge in [-0.3, -0.25) is 9.59 Å². The van der Waals surface area contributed by atoms with Crippen molar-refractivity contribution < 1.29 is 19.4 Å². The molecule has 3 heterocycles. The van der Waals surface area contributed by atoms with E-state index in [0.29, 0.717) is 52.1 Å². The van der Waals surface area contributed by atoms with E-state index >= 15 is 0 Å². The van der Waals surface area contributed by atoms with Crippen LogP contribution in [0.3, 0.4) is 0 Å². The summed E-state index contributed by atoms with van der Waals surface area (Å²) in [6.07, 6.45) is 2.57. The number of fused-ring (bicyclic) bond motifs is 1. The molecule has 4 rings (SSSR count). The van der Waals surface area contributed by atoms with E-state index in [9.17, 15) is 14.7 Å². The first kappa shape index (κ1) is 18.9. The zero-order chi connectivity index (χ0) is 19.7. The van der Waals surface area contributed by atoms with Crippen LogP contribution in [0.5, 0.6) is 0 Å². The molecule has 7 heteroatoms. The maximum Gasteiger partial charge on any atom is 0.308 e. The number of nitrogens with zero attached hydrogens (tertiary/aromatic N) is 3. The van der Waals surface area contributed by atoms with Gasteiger partial charge in [0.25, 0.3) is 0 Å². The molecule has 1 aromatic carbocycles. The number of aryl methyl sites for hydroxylation is 2. The number of hydrogen-bond acceptors (Lipinski definition) is 4. The van der Waals surface area contributed by atoms with Crippen molar-refractivity contribution in [3.8, 4) is 0 Å². The van der Waals surface area contributed by atoms with Crippen LogP contribution in [0, 0.1) is 11.3 Å². The number of carboxylic acid groups (broad SMARTS) is 1. The molecule has 150 valence electrons. The van der Waals surface area contributed by atoms with Crippen LogP contribution in [0.15, 0.2) is 24.3 Å². The highest BCUT2D eigenvalue weighted by molar-refractivity contribution is 5.80. The summed E-state index contributed by atoms with van der Waals surface area (Å²) < 4.78 is 7.55. The quantitative estimate of drug-likeness (QED) is 0.854. The predicted molar refractivity (Wildman–Crippen MR) is 104 cm³/mol. The summed E-state index contributed by atoms with van der Waals surface area (Å²) >= 11 is 0. The molecule has 7 nitrogen and oxygen atoms in total. The summed E-state index contributed by atoms with van der Waals surface area (Å²) in [4.78, 5) is 31.2. The molecule has 1 unspecified atom stereocenters. The van der Waals surface area contributed by atoms with Crippen molar-refractivity contribution in [2.75, 3.05) is 26.3 Å². The first-order chi connectivity index (χ1) is 13.5. The molecule has 0 radical (unpaired) electrons. The second-order valence-electron chi connectivity index (χ2n) is 7.91. The Kier molecular flexibility index (Phi) is 5.10. The predicted octanol–water partition coefficient (Wildman–Crippen LogP) is 2.33. The maximum absolute atomic E-state index is 12.9.